The molecule has 5 nitrogen and oxygen atoms in total. The molecule has 2 N–H and O–H groups in total. The lowest BCUT2D eigenvalue weighted by molar-refractivity contribution is -0.117. The van der Waals surface area contributed by atoms with Gasteiger partial charge < -0.3 is 15.4 Å². The molecule has 1 heterocycles. The van der Waals surface area contributed by atoms with Crippen molar-refractivity contribution in [3.63, 3.8) is 0 Å². The fourth-order valence-corrected chi connectivity index (χ4v) is 3.64. The molecular weight excluding hydrogens is 364 g/mol. The van der Waals surface area contributed by atoms with Gasteiger partial charge in [-0.15, -0.1) is 0 Å². The summed E-state index contributed by atoms with van der Waals surface area (Å²) < 4.78 is 6.04. The number of aryl methyl sites for hydroxylation is 1. The average molecular weight is 386 g/mol. The zero-order valence-electron chi connectivity index (χ0n) is 16.2. The second-order valence-corrected chi connectivity index (χ2v) is 7.26. The van der Waals surface area contributed by atoms with E-state index in [1.165, 1.54) is 0 Å². The third-order valence-corrected chi connectivity index (χ3v) is 5.22. The van der Waals surface area contributed by atoms with Gasteiger partial charge in [-0.25, -0.2) is 0 Å². The molecule has 0 aromatic heterocycles. The highest BCUT2D eigenvalue weighted by molar-refractivity contribution is 5.99. The molecule has 0 aliphatic carbocycles. The summed E-state index contributed by atoms with van der Waals surface area (Å²) in [6, 6.07) is 22.6. The number of primary amides is 1. The van der Waals surface area contributed by atoms with Crippen LogP contribution in [0.2, 0.25) is 0 Å². The first-order valence-corrected chi connectivity index (χ1v) is 9.55. The second-order valence-electron chi connectivity index (χ2n) is 7.26. The molecule has 29 heavy (non-hydrogen) atoms. The van der Waals surface area contributed by atoms with Gasteiger partial charge in [-0.1, -0.05) is 36.4 Å². The van der Waals surface area contributed by atoms with Crippen LogP contribution in [-0.4, -0.2) is 18.4 Å². The normalized spacial score (nSPS) is 16.1. The van der Waals surface area contributed by atoms with Gasteiger partial charge in [0.2, 0.25) is 11.8 Å². The van der Waals surface area contributed by atoms with E-state index in [0.717, 1.165) is 22.6 Å². The van der Waals surface area contributed by atoms with Gasteiger partial charge in [0.15, 0.2) is 0 Å². The van der Waals surface area contributed by atoms with Crippen molar-refractivity contribution in [2.75, 3.05) is 11.4 Å². The topological polar surface area (TPSA) is 72.6 Å². The van der Waals surface area contributed by atoms with Gasteiger partial charge in [0.25, 0.3) is 0 Å². The van der Waals surface area contributed by atoms with Crippen molar-refractivity contribution >= 4 is 17.5 Å². The number of hydrogen-bond acceptors (Lipinski definition) is 3. The van der Waals surface area contributed by atoms with Crippen LogP contribution in [0.5, 0.6) is 11.5 Å². The van der Waals surface area contributed by atoms with Crippen LogP contribution in [0, 0.1) is 6.92 Å². The maximum atomic E-state index is 12.6. The van der Waals surface area contributed by atoms with Crippen molar-refractivity contribution in [3.8, 4) is 11.5 Å². The van der Waals surface area contributed by atoms with Crippen LogP contribution in [0.4, 0.5) is 5.69 Å². The number of benzene rings is 3. The summed E-state index contributed by atoms with van der Waals surface area (Å²) in [7, 11) is 0. The van der Waals surface area contributed by atoms with Crippen molar-refractivity contribution in [2.45, 2.75) is 19.3 Å². The molecule has 0 radical (unpaired) electrons. The molecule has 1 aliphatic rings. The van der Waals surface area contributed by atoms with E-state index in [2.05, 4.69) is 0 Å². The molecular formula is C24H22N2O3. The Hall–Kier alpha value is -3.60. The minimum atomic E-state index is -0.504. The number of rotatable bonds is 5. The van der Waals surface area contributed by atoms with Crippen LogP contribution in [-0.2, 0) is 4.79 Å². The fraction of sp³-hybridized carbons (Fsp3) is 0.167. The Bertz CT molecular complexity index is 1080. The fourth-order valence-electron chi connectivity index (χ4n) is 3.64. The van der Waals surface area contributed by atoms with Crippen molar-refractivity contribution in [1.29, 1.82) is 0 Å². The van der Waals surface area contributed by atoms with Crippen LogP contribution in [0.3, 0.4) is 0 Å². The van der Waals surface area contributed by atoms with E-state index in [1.54, 1.807) is 23.1 Å². The van der Waals surface area contributed by atoms with Crippen molar-refractivity contribution in [2.24, 2.45) is 5.73 Å². The van der Waals surface area contributed by atoms with Crippen LogP contribution < -0.4 is 15.4 Å². The van der Waals surface area contributed by atoms with Crippen LogP contribution in [0.25, 0.3) is 0 Å². The summed E-state index contributed by atoms with van der Waals surface area (Å²) in [5.41, 5.74) is 8.58. The van der Waals surface area contributed by atoms with E-state index >= 15 is 0 Å². The highest BCUT2D eigenvalue weighted by Gasteiger charge is 2.32. The van der Waals surface area contributed by atoms with Gasteiger partial charge in [0, 0.05) is 30.1 Å². The number of nitrogens with zero attached hydrogens (tertiary/aromatic N) is 1. The number of ether oxygens (including phenoxy) is 1. The lowest BCUT2D eigenvalue weighted by Crippen LogP contribution is -2.24. The molecule has 1 fully saturated rings. The summed E-state index contributed by atoms with van der Waals surface area (Å²) in [5.74, 6) is 1.15. The van der Waals surface area contributed by atoms with Crippen LogP contribution >= 0.6 is 0 Å². The standard InChI is InChI=1S/C24H22N2O3/c1-16-6-2-3-11-22(16)29-21-10-5-7-17(13-21)19-14-23(27)26(15-19)20-9-4-8-18(12-20)24(25)28/h2-13,19H,14-15H2,1H3,(H2,25,28). The van der Waals surface area contributed by atoms with E-state index in [1.807, 2.05) is 61.5 Å². The Labute approximate surface area is 169 Å². The minimum absolute atomic E-state index is 0.0295. The van der Waals surface area contributed by atoms with E-state index in [0.29, 0.717) is 24.2 Å². The van der Waals surface area contributed by atoms with Gasteiger partial charge in [-0.3, -0.25) is 9.59 Å². The van der Waals surface area contributed by atoms with E-state index in [9.17, 15) is 9.59 Å². The minimum Gasteiger partial charge on any atom is -0.457 e. The number of anilines is 1. The first-order chi connectivity index (χ1) is 14.0. The largest absolute Gasteiger partial charge is 0.457 e. The van der Waals surface area contributed by atoms with E-state index in [-0.39, 0.29) is 11.8 Å². The SMILES string of the molecule is Cc1ccccc1Oc1cccc(C2CC(=O)N(c3cccc(C(N)=O)c3)C2)c1. The number of para-hydroxylation sites is 1. The Morgan fingerprint density at radius 1 is 1.03 bits per heavy atom. The summed E-state index contributed by atoms with van der Waals surface area (Å²) in [5, 5.41) is 0. The number of hydrogen-bond donors (Lipinski definition) is 1. The number of carbonyl (C=O) groups excluding carboxylic acids is 2. The Morgan fingerprint density at radius 2 is 1.83 bits per heavy atom. The summed E-state index contributed by atoms with van der Waals surface area (Å²) in [4.78, 5) is 25.8. The monoisotopic (exact) mass is 386 g/mol. The van der Waals surface area contributed by atoms with Crippen molar-refractivity contribution < 1.29 is 14.3 Å². The molecule has 1 saturated heterocycles. The Kier molecular flexibility index (Phi) is 5.04. The maximum Gasteiger partial charge on any atom is 0.248 e. The van der Waals surface area contributed by atoms with Crippen LogP contribution in [0.15, 0.2) is 72.8 Å². The van der Waals surface area contributed by atoms with Gasteiger partial charge in [0.1, 0.15) is 11.5 Å². The lowest BCUT2D eigenvalue weighted by atomic mass is 9.98. The first kappa shape index (κ1) is 18.7. The van der Waals surface area contributed by atoms with Crippen molar-refractivity contribution in [3.05, 3.63) is 89.5 Å². The zero-order chi connectivity index (χ0) is 20.4. The Balaban J connectivity index is 1.54. The highest BCUT2D eigenvalue weighted by Crippen LogP contribution is 2.34. The molecule has 0 bridgehead atoms. The summed E-state index contributed by atoms with van der Waals surface area (Å²) in [6.07, 6.45) is 0.411. The van der Waals surface area contributed by atoms with Gasteiger partial charge >= 0.3 is 0 Å². The van der Waals surface area contributed by atoms with E-state index < -0.39 is 5.91 Å². The van der Waals surface area contributed by atoms with Gasteiger partial charge in [-0.05, 0) is 54.4 Å². The summed E-state index contributed by atoms with van der Waals surface area (Å²) >= 11 is 0. The zero-order valence-corrected chi connectivity index (χ0v) is 16.2. The van der Waals surface area contributed by atoms with Crippen LogP contribution in [0.1, 0.15) is 33.8 Å². The molecule has 1 unspecified atom stereocenters. The molecule has 1 atom stereocenters. The second kappa shape index (κ2) is 7.80. The predicted octanol–water partition coefficient (Wildman–Crippen LogP) is 4.41. The number of carbonyl (C=O) groups is 2. The first-order valence-electron chi connectivity index (χ1n) is 9.55. The summed E-state index contributed by atoms with van der Waals surface area (Å²) in [6.45, 7) is 2.56. The number of amides is 2. The molecule has 3 aromatic rings. The van der Waals surface area contributed by atoms with Gasteiger partial charge in [-0.2, -0.15) is 0 Å². The maximum absolute atomic E-state index is 12.6. The third kappa shape index (κ3) is 3.99. The molecule has 4 rings (SSSR count). The molecule has 0 saturated carbocycles. The predicted molar refractivity (Wildman–Crippen MR) is 112 cm³/mol. The molecule has 0 spiro atoms. The molecule has 2 amide bonds. The highest BCUT2D eigenvalue weighted by atomic mass is 16.5. The Morgan fingerprint density at radius 3 is 2.62 bits per heavy atom. The van der Waals surface area contributed by atoms with Gasteiger partial charge in [0.05, 0.1) is 0 Å². The van der Waals surface area contributed by atoms with Crippen molar-refractivity contribution in [1.82, 2.24) is 0 Å². The quantitative estimate of drug-likeness (QED) is 0.706. The molecule has 3 aromatic carbocycles. The molecule has 5 heteroatoms. The average Bonchev–Trinajstić information content (AvgIpc) is 3.12. The lowest BCUT2D eigenvalue weighted by Gasteiger charge is -2.18. The number of nitrogens with two attached hydrogens (primary N) is 1. The smallest absolute Gasteiger partial charge is 0.248 e. The molecule has 1 aliphatic heterocycles. The third-order valence-electron chi connectivity index (χ3n) is 5.22. The molecule has 146 valence electrons. The van der Waals surface area contributed by atoms with E-state index in [4.69, 9.17) is 10.5 Å².